The summed E-state index contributed by atoms with van der Waals surface area (Å²) in [6, 6.07) is 8.69. The van der Waals surface area contributed by atoms with Crippen LogP contribution in [0, 0.1) is 12.3 Å². The van der Waals surface area contributed by atoms with Crippen molar-refractivity contribution in [3.05, 3.63) is 29.8 Å². The van der Waals surface area contributed by atoms with Crippen LogP contribution >= 0.6 is 0 Å². The van der Waals surface area contributed by atoms with Crippen molar-refractivity contribution in [3.63, 3.8) is 0 Å². The highest BCUT2D eigenvalue weighted by molar-refractivity contribution is 5.47. The first-order chi connectivity index (χ1) is 7.15. The first-order valence-corrected chi connectivity index (χ1v) is 5.63. The number of nitrogens with zero attached hydrogens (tertiary/aromatic N) is 1. The van der Waals surface area contributed by atoms with E-state index in [4.69, 9.17) is 5.73 Å². The lowest BCUT2D eigenvalue weighted by Gasteiger charge is -2.24. The van der Waals surface area contributed by atoms with Crippen molar-refractivity contribution in [2.45, 2.75) is 19.8 Å². The third kappa shape index (κ3) is 2.32. The van der Waals surface area contributed by atoms with Gasteiger partial charge in [0, 0.05) is 24.7 Å². The minimum absolute atomic E-state index is 0.416. The standard InChI is InChI=1S/C13H20N2/c1-11-3-5-12(6-4-11)15(2)10-13(9-14)7-8-13/h3-6H,7-10,14H2,1-2H3. The molecule has 1 aliphatic carbocycles. The molecule has 2 rings (SSSR count). The van der Waals surface area contributed by atoms with Gasteiger partial charge in [0.05, 0.1) is 0 Å². The molecule has 82 valence electrons. The zero-order valence-electron chi connectivity index (χ0n) is 9.66. The quantitative estimate of drug-likeness (QED) is 0.814. The van der Waals surface area contributed by atoms with Crippen LogP contribution in [0.2, 0.25) is 0 Å². The Morgan fingerprint density at radius 3 is 2.33 bits per heavy atom. The Kier molecular flexibility index (Phi) is 2.70. The van der Waals surface area contributed by atoms with E-state index in [1.807, 2.05) is 0 Å². The molecule has 1 aromatic rings. The van der Waals surface area contributed by atoms with Crippen LogP contribution < -0.4 is 10.6 Å². The van der Waals surface area contributed by atoms with Gasteiger partial charge in [-0.15, -0.1) is 0 Å². The molecule has 0 spiro atoms. The second kappa shape index (κ2) is 3.86. The van der Waals surface area contributed by atoms with Crippen LogP contribution in [0.15, 0.2) is 24.3 Å². The monoisotopic (exact) mass is 204 g/mol. The fraction of sp³-hybridized carbons (Fsp3) is 0.538. The van der Waals surface area contributed by atoms with Crippen LogP contribution in [0.3, 0.4) is 0 Å². The molecule has 15 heavy (non-hydrogen) atoms. The molecule has 1 aliphatic rings. The normalized spacial score (nSPS) is 17.5. The van der Waals surface area contributed by atoms with E-state index in [1.54, 1.807) is 0 Å². The molecule has 0 unspecified atom stereocenters. The van der Waals surface area contributed by atoms with E-state index in [0.717, 1.165) is 13.1 Å². The van der Waals surface area contributed by atoms with Gasteiger partial charge in [0.1, 0.15) is 0 Å². The first-order valence-electron chi connectivity index (χ1n) is 5.63. The Bertz CT molecular complexity index is 325. The minimum Gasteiger partial charge on any atom is -0.374 e. The topological polar surface area (TPSA) is 29.3 Å². The summed E-state index contributed by atoms with van der Waals surface area (Å²) in [6.45, 7) is 4.03. The van der Waals surface area contributed by atoms with E-state index >= 15 is 0 Å². The van der Waals surface area contributed by atoms with Crippen molar-refractivity contribution >= 4 is 5.69 Å². The number of hydrogen-bond acceptors (Lipinski definition) is 2. The molecular weight excluding hydrogens is 184 g/mol. The van der Waals surface area contributed by atoms with Gasteiger partial charge in [-0.3, -0.25) is 0 Å². The third-order valence-corrected chi connectivity index (χ3v) is 3.44. The van der Waals surface area contributed by atoms with Gasteiger partial charge in [-0.25, -0.2) is 0 Å². The molecule has 1 aromatic carbocycles. The van der Waals surface area contributed by atoms with E-state index in [1.165, 1.54) is 24.1 Å². The Balaban J connectivity index is 2.01. The predicted molar refractivity (Wildman–Crippen MR) is 65.2 cm³/mol. The van der Waals surface area contributed by atoms with Crippen molar-refractivity contribution in [1.29, 1.82) is 0 Å². The Hall–Kier alpha value is -1.02. The summed E-state index contributed by atoms with van der Waals surface area (Å²) in [5.74, 6) is 0. The molecule has 0 amide bonds. The van der Waals surface area contributed by atoms with Crippen molar-refractivity contribution in [1.82, 2.24) is 0 Å². The first kappa shape index (κ1) is 10.5. The summed E-state index contributed by atoms with van der Waals surface area (Å²) >= 11 is 0. The average molecular weight is 204 g/mol. The molecule has 0 radical (unpaired) electrons. The largest absolute Gasteiger partial charge is 0.374 e. The van der Waals surface area contributed by atoms with Crippen LogP contribution in [0.4, 0.5) is 5.69 Å². The Labute approximate surface area is 92.1 Å². The Morgan fingerprint density at radius 1 is 1.27 bits per heavy atom. The van der Waals surface area contributed by atoms with Gasteiger partial charge in [0.15, 0.2) is 0 Å². The number of anilines is 1. The highest BCUT2D eigenvalue weighted by Gasteiger charge is 2.41. The van der Waals surface area contributed by atoms with Gasteiger partial charge in [0.25, 0.3) is 0 Å². The lowest BCUT2D eigenvalue weighted by molar-refractivity contribution is 0.523. The summed E-state index contributed by atoms with van der Waals surface area (Å²) in [4.78, 5) is 2.32. The van der Waals surface area contributed by atoms with Gasteiger partial charge in [-0.1, -0.05) is 17.7 Å². The maximum atomic E-state index is 5.79. The summed E-state index contributed by atoms with van der Waals surface area (Å²) < 4.78 is 0. The summed E-state index contributed by atoms with van der Waals surface area (Å²) in [6.07, 6.45) is 2.58. The number of rotatable bonds is 4. The zero-order valence-corrected chi connectivity index (χ0v) is 9.66. The molecule has 0 heterocycles. The van der Waals surface area contributed by atoms with Crippen LogP contribution in [-0.4, -0.2) is 20.1 Å². The summed E-state index contributed by atoms with van der Waals surface area (Å²) in [5, 5.41) is 0. The second-order valence-corrected chi connectivity index (χ2v) is 4.90. The van der Waals surface area contributed by atoms with E-state index in [9.17, 15) is 0 Å². The SMILES string of the molecule is Cc1ccc(N(C)CC2(CN)CC2)cc1. The lowest BCUT2D eigenvalue weighted by atomic mass is 10.1. The van der Waals surface area contributed by atoms with E-state index < -0.39 is 0 Å². The molecule has 1 fully saturated rings. The molecule has 0 atom stereocenters. The van der Waals surface area contributed by atoms with E-state index in [-0.39, 0.29) is 0 Å². The molecule has 2 N–H and O–H groups in total. The maximum absolute atomic E-state index is 5.79. The highest BCUT2D eigenvalue weighted by Crippen LogP contribution is 2.45. The van der Waals surface area contributed by atoms with Crippen molar-refractivity contribution in [3.8, 4) is 0 Å². The molecule has 2 heteroatoms. The van der Waals surface area contributed by atoms with Gasteiger partial charge in [0.2, 0.25) is 0 Å². The van der Waals surface area contributed by atoms with Crippen LogP contribution in [0.25, 0.3) is 0 Å². The van der Waals surface area contributed by atoms with Crippen molar-refractivity contribution in [2.75, 3.05) is 25.0 Å². The third-order valence-electron chi connectivity index (χ3n) is 3.44. The number of hydrogen-bond donors (Lipinski definition) is 1. The second-order valence-electron chi connectivity index (χ2n) is 4.90. The van der Waals surface area contributed by atoms with Gasteiger partial charge < -0.3 is 10.6 Å². The van der Waals surface area contributed by atoms with E-state index in [0.29, 0.717) is 5.41 Å². The molecular formula is C13H20N2. The fourth-order valence-electron chi connectivity index (χ4n) is 2.00. The van der Waals surface area contributed by atoms with E-state index in [2.05, 4.69) is 43.1 Å². The van der Waals surface area contributed by atoms with Crippen molar-refractivity contribution in [2.24, 2.45) is 11.1 Å². The van der Waals surface area contributed by atoms with Gasteiger partial charge in [-0.05, 0) is 38.4 Å². The summed E-state index contributed by atoms with van der Waals surface area (Å²) in [5.41, 5.74) is 8.81. The minimum atomic E-state index is 0.416. The zero-order chi connectivity index (χ0) is 10.9. The Morgan fingerprint density at radius 2 is 1.87 bits per heavy atom. The number of aryl methyl sites for hydroxylation is 1. The molecule has 0 bridgehead atoms. The van der Waals surface area contributed by atoms with Gasteiger partial charge >= 0.3 is 0 Å². The smallest absolute Gasteiger partial charge is 0.0363 e. The number of nitrogens with two attached hydrogens (primary N) is 1. The molecule has 0 saturated heterocycles. The van der Waals surface area contributed by atoms with Crippen LogP contribution in [0.5, 0.6) is 0 Å². The summed E-state index contributed by atoms with van der Waals surface area (Å²) in [7, 11) is 2.15. The average Bonchev–Trinajstić information content (AvgIpc) is 2.99. The maximum Gasteiger partial charge on any atom is 0.0363 e. The highest BCUT2D eigenvalue weighted by atomic mass is 15.1. The molecule has 1 saturated carbocycles. The molecule has 0 aromatic heterocycles. The van der Waals surface area contributed by atoms with Crippen LogP contribution in [-0.2, 0) is 0 Å². The van der Waals surface area contributed by atoms with Crippen LogP contribution in [0.1, 0.15) is 18.4 Å². The predicted octanol–water partition coefficient (Wildman–Crippen LogP) is 2.17. The molecule has 2 nitrogen and oxygen atoms in total. The lowest BCUT2D eigenvalue weighted by Crippen LogP contribution is -2.31. The fourth-order valence-corrected chi connectivity index (χ4v) is 2.00. The van der Waals surface area contributed by atoms with Crippen molar-refractivity contribution < 1.29 is 0 Å². The van der Waals surface area contributed by atoms with Gasteiger partial charge in [-0.2, -0.15) is 0 Å². The number of benzene rings is 1. The molecule has 0 aliphatic heterocycles.